The molecule has 1 aliphatic heterocycles. The first-order valence-corrected chi connectivity index (χ1v) is 11.3. The fourth-order valence-electron chi connectivity index (χ4n) is 3.84. The van der Waals surface area contributed by atoms with Crippen LogP contribution in [0.1, 0.15) is 51.6 Å². The first kappa shape index (κ1) is 22.3. The normalized spacial score (nSPS) is 13.9. The van der Waals surface area contributed by atoms with E-state index in [1.54, 1.807) is 6.20 Å². The number of hydrogen-bond donors (Lipinski definition) is 2. The van der Waals surface area contributed by atoms with Crippen molar-refractivity contribution in [1.82, 2.24) is 19.7 Å². The van der Waals surface area contributed by atoms with Crippen molar-refractivity contribution in [2.75, 3.05) is 25.5 Å². The first-order valence-electron chi connectivity index (χ1n) is 10.5. The maximum Gasteiger partial charge on any atom is 0.280 e. The maximum atomic E-state index is 13.5. The van der Waals surface area contributed by atoms with Gasteiger partial charge in [-0.15, -0.1) is 11.3 Å². The fourth-order valence-corrected chi connectivity index (χ4v) is 5.16. The Hall–Kier alpha value is -2.95. The van der Waals surface area contributed by atoms with Gasteiger partial charge in [0.15, 0.2) is 0 Å². The number of hydrogen-bond acceptors (Lipinski definition) is 7. The number of aromatic nitrogens is 2. The molecule has 3 aromatic rings. The number of carbonyl (C=O) groups is 2. The summed E-state index contributed by atoms with van der Waals surface area (Å²) in [4.78, 5) is 37.2. The maximum absolute atomic E-state index is 13.5. The van der Waals surface area contributed by atoms with E-state index in [0.29, 0.717) is 34.6 Å². The Morgan fingerprint density at radius 3 is 2.81 bits per heavy atom. The summed E-state index contributed by atoms with van der Waals surface area (Å²) in [6, 6.07) is 5.95. The van der Waals surface area contributed by atoms with Crippen LogP contribution in [0.5, 0.6) is 0 Å². The third-order valence-electron chi connectivity index (χ3n) is 5.27. The van der Waals surface area contributed by atoms with Crippen LogP contribution in [-0.4, -0.2) is 62.9 Å². The Balaban J connectivity index is 1.89. The molecule has 0 saturated carbocycles. The van der Waals surface area contributed by atoms with Crippen LogP contribution in [0, 0.1) is 6.92 Å². The molecule has 4 heterocycles. The second-order valence-corrected chi connectivity index (χ2v) is 9.22. The molecule has 0 unspecified atom stereocenters. The Kier molecular flexibility index (Phi) is 6.18. The van der Waals surface area contributed by atoms with Gasteiger partial charge < -0.3 is 9.88 Å². The number of aryl methyl sites for hydroxylation is 1. The zero-order chi connectivity index (χ0) is 23.0. The number of pyridine rings is 1. The van der Waals surface area contributed by atoms with Gasteiger partial charge in [-0.2, -0.15) is 0 Å². The van der Waals surface area contributed by atoms with Crippen LogP contribution in [0.15, 0.2) is 24.4 Å². The Morgan fingerprint density at radius 1 is 1.38 bits per heavy atom. The lowest BCUT2D eigenvalue weighted by Crippen LogP contribution is -2.31. The van der Waals surface area contributed by atoms with E-state index in [-0.39, 0.29) is 23.1 Å². The number of rotatable bonds is 6. The van der Waals surface area contributed by atoms with E-state index in [0.717, 1.165) is 23.1 Å². The highest BCUT2D eigenvalue weighted by atomic mass is 32.1. The third-order valence-corrected chi connectivity index (χ3v) is 6.37. The highest BCUT2D eigenvalue weighted by Gasteiger charge is 2.34. The molecule has 9 nitrogen and oxygen atoms in total. The summed E-state index contributed by atoms with van der Waals surface area (Å²) < 4.78 is 2.03. The van der Waals surface area contributed by atoms with E-state index in [4.69, 9.17) is 4.84 Å². The minimum Gasteiger partial charge on any atom is -0.374 e. The fraction of sp³-hybridized carbons (Fsp3) is 0.409. The van der Waals surface area contributed by atoms with Crippen molar-refractivity contribution in [2.24, 2.45) is 0 Å². The number of carbonyl (C=O) groups excluding carboxylic acids is 2. The molecule has 32 heavy (non-hydrogen) atoms. The summed E-state index contributed by atoms with van der Waals surface area (Å²) in [5.41, 5.74) is 2.21. The molecule has 170 valence electrons. The van der Waals surface area contributed by atoms with Gasteiger partial charge >= 0.3 is 0 Å². The van der Waals surface area contributed by atoms with E-state index in [1.807, 2.05) is 43.5 Å². The third kappa shape index (κ3) is 4.08. The van der Waals surface area contributed by atoms with E-state index in [9.17, 15) is 14.8 Å². The second kappa shape index (κ2) is 8.89. The highest BCUT2D eigenvalue weighted by Crippen LogP contribution is 2.37. The smallest absolute Gasteiger partial charge is 0.280 e. The molecule has 2 amide bonds. The van der Waals surface area contributed by atoms with Crippen LogP contribution in [0.25, 0.3) is 11.0 Å². The van der Waals surface area contributed by atoms with Gasteiger partial charge in [-0.25, -0.2) is 15.1 Å². The molecule has 10 heteroatoms. The van der Waals surface area contributed by atoms with Gasteiger partial charge in [0.1, 0.15) is 10.6 Å². The van der Waals surface area contributed by atoms with Crippen LogP contribution in [0.2, 0.25) is 0 Å². The molecule has 4 rings (SSSR count). The Labute approximate surface area is 190 Å². The standard InChI is InChI=1S/C22H27N5O4S/c1-13(2)24-20-18(21(28)25(4)30)17(22(29)27-9-6-10-31-27)16(32-20)12-26-14(3)11-15-7-5-8-23-19(15)26/h5,7-8,11,13,24,30H,6,9-10,12H2,1-4H3. The molecule has 0 radical (unpaired) electrons. The zero-order valence-corrected chi connectivity index (χ0v) is 19.4. The van der Waals surface area contributed by atoms with Crippen molar-refractivity contribution in [3.8, 4) is 0 Å². The quantitative estimate of drug-likeness (QED) is 0.434. The van der Waals surface area contributed by atoms with Gasteiger partial charge in [0.2, 0.25) is 0 Å². The number of amides is 2. The zero-order valence-electron chi connectivity index (χ0n) is 18.6. The minimum absolute atomic E-state index is 0.0267. The molecule has 1 saturated heterocycles. The number of hydroxylamine groups is 4. The summed E-state index contributed by atoms with van der Waals surface area (Å²) in [7, 11) is 1.26. The van der Waals surface area contributed by atoms with Gasteiger partial charge in [-0.3, -0.25) is 19.6 Å². The molecular weight excluding hydrogens is 430 g/mol. The van der Waals surface area contributed by atoms with E-state index in [1.165, 1.54) is 23.4 Å². The Morgan fingerprint density at radius 2 is 2.16 bits per heavy atom. The van der Waals surface area contributed by atoms with Crippen molar-refractivity contribution in [3.63, 3.8) is 0 Å². The van der Waals surface area contributed by atoms with E-state index >= 15 is 0 Å². The van der Waals surface area contributed by atoms with Gasteiger partial charge in [0.05, 0.1) is 30.8 Å². The minimum atomic E-state index is -0.648. The number of nitrogens with zero attached hydrogens (tertiary/aromatic N) is 4. The molecule has 3 aromatic heterocycles. The van der Waals surface area contributed by atoms with Crippen LogP contribution in [0.4, 0.5) is 5.00 Å². The Bertz CT molecular complexity index is 1160. The van der Waals surface area contributed by atoms with Crippen LogP contribution in [-0.2, 0) is 11.4 Å². The largest absolute Gasteiger partial charge is 0.374 e. The molecule has 0 bridgehead atoms. The van der Waals surface area contributed by atoms with Crippen molar-refractivity contribution >= 4 is 39.2 Å². The van der Waals surface area contributed by atoms with E-state index < -0.39 is 5.91 Å². The number of nitrogens with one attached hydrogen (secondary N) is 1. The molecule has 2 N–H and O–H groups in total. The average Bonchev–Trinajstić information content (AvgIpc) is 3.45. The molecule has 1 aliphatic rings. The summed E-state index contributed by atoms with van der Waals surface area (Å²) in [6.45, 7) is 7.17. The van der Waals surface area contributed by atoms with Gasteiger partial charge in [-0.1, -0.05) is 0 Å². The summed E-state index contributed by atoms with van der Waals surface area (Å²) in [5.74, 6) is -1.02. The van der Waals surface area contributed by atoms with Crippen LogP contribution in [0.3, 0.4) is 0 Å². The number of anilines is 1. The lowest BCUT2D eigenvalue weighted by atomic mass is 10.1. The van der Waals surface area contributed by atoms with Crippen molar-refractivity contribution in [2.45, 2.75) is 39.8 Å². The topological polar surface area (TPSA) is 99.9 Å². The highest BCUT2D eigenvalue weighted by molar-refractivity contribution is 7.17. The first-order chi connectivity index (χ1) is 15.3. The second-order valence-electron chi connectivity index (χ2n) is 8.11. The summed E-state index contributed by atoms with van der Waals surface area (Å²) in [5, 5.41) is 16.6. The predicted octanol–water partition coefficient (Wildman–Crippen LogP) is 3.51. The number of fused-ring (bicyclic) bond motifs is 1. The van der Waals surface area contributed by atoms with E-state index in [2.05, 4.69) is 10.3 Å². The summed E-state index contributed by atoms with van der Waals surface area (Å²) >= 11 is 1.34. The van der Waals surface area contributed by atoms with Gasteiger partial charge in [0, 0.05) is 35.2 Å². The lowest BCUT2D eigenvalue weighted by molar-refractivity contribution is -0.0770. The monoisotopic (exact) mass is 457 g/mol. The van der Waals surface area contributed by atoms with Crippen LogP contribution < -0.4 is 5.32 Å². The van der Waals surface area contributed by atoms with Crippen molar-refractivity contribution in [3.05, 3.63) is 46.1 Å². The van der Waals surface area contributed by atoms with Gasteiger partial charge in [0.25, 0.3) is 11.8 Å². The molecule has 0 aliphatic carbocycles. The van der Waals surface area contributed by atoms with Gasteiger partial charge in [-0.05, 0) is 45.4 Å². The SMILES string of the molecule is Cc1cc2cccnc2n1Cc1sc(NC(C)C)c(C(=O)N(C)O)c1C(=O)N1CCCO1. The average molecular weight is 458 g/mol. The summed E-state index contributed by atoms with van der Waals surface area (Å²) in [6.07, 6.45) is 2.47. The van der Waals surface area contributed by atoms with Crippen molar-refractivity contribution in [1.29, 1.82) is 0 Å². The molecule has 1 fully saturated rings. The number of thiophene rings is 1. The predicted molar refractivity (Wildman–Crippen MR) is 122 cm³/mol. The molecule has 0 spiro atoms. The molecular formula is C22H27N5O4S. The molecule has 0 atom stereocenters. The van der Waals surface area contributed by atoms with Crippen molar-refractivity contribution < 1.29 is 19.6 Å². The van der Waals surface area contributed by atoms with Crippen LogP contribution >= 0.6 is 11.3 Å². The molecule has 0 aromatic carbocycles. The lowest BCUT2D eigenvalue weighted by Gasteiger charge is -2.18.